The lowest BCUT2D eigenvalue weighted by molar-refractivity contribution is 0.399. The zero-order valence-corrected chi connectivity index (χ0v) is 12.3. The maximum absolute atomic E-state index is 12.1. The van der Waals surface area contributed by atoms with Gasteiger partial charge in [0, 0.05) is 5.69 Å². The predicted molar refractivity (Wildman–Crippen MR) is 75.6 cm³/mol. The molecule has 1 heterocycles. The summed E-state index contributed by atoms with van der Waals surface area (Å²) >= 11 is 1.96. The molecule has 0 aliphatic rings. The molecule has 6 nitrogen and oxygen atoms in total. The lowest BCUT2D eigenvalue weighted by Gasteiger charge is -2.05. The van der Waals surface area contributed by atoms with Crippen LogP contribution in [0.25, 0.3) is 0 Å². The summed E-state index contributed by atoms with van der Waals surface area (Å²) in [7, 11) is -3.70. The van der Waals surface area contributed by atoms with Gasteiger partial charge in [0.15, 0.2) is 5.82 Å². The van der Waals surface area contributed by atoms with Crippen molar-refractivity contribution in [2.45, 2.75) is 11.8 Å². The Balaban J connectivity index is 2.36. The standard InChI is InChI=1S/C10H10IN3O3S/c1-6-9(11)10(13-17-6)14-18(15,16)8-4-2-3-7(12)5-8/h2-5H,12H2,1H3,(H,13,14). The Morgan fingerprint density at radius 3 is 2.72 bits per heavy atom. The molecule has 18 heavy (non-hydrogen) atoms. The van der Waals surface area contributed by atoms with Crippen molar-refractivity contribution in [2.24, 2.45) is 0 Å². The quantitative estimate of drug-likeness (QED) is 0.628. The van der Waals surface area contributed by atoms with E-state index >= 15 is 0 Å². The van der Waals surface area contributed by atoms with Crippen LogP contribution in [0.2, 0.25) is 0 Å². The molecule has 0 saturated heterocycles. The van der Waals surface area contributed by atoms with Crippen LogP contribution < -0.4 is 10.5 Å². The Morgan fingerprint density at radius 2 is 2.17 bits per heavy atom. The van der Waals surface area contributed by atoms with E-state index in [9.17, 15) is 8.42 Å². The minimum atomic E-state index is -3.70. The largest absolute Gasteiger partial charge is 0.399 e. The highest BCUT2D eigenvalue weighted by molar-refractivity contribution is 14.1. The molecule has 0 radical (unpaired) electrons. The van der Waals surface area contributed by atoms with Gasteiger partial charge < -0.3 is 10.3 Å². The summed E-state index contributed by atoms with van der Waals surface area (Å²) in [5.41, 5.74) is 5.93. The van der Waals surface area contributed by atoms with Gasteiger partial charge in [0.25, 0.3) is 10.0 Å². The number of anilines is 2. The van der Waals surface area contributed by atoms with E-state index in [1.807, 2.05) is 22.6 Å². The monoisotopic (exact) mass is 379 g/mol. The summed E-state index contributed by atoms with van der Waals surface area (Å²) in [5, 5.41) is 3.64. The number of aryl methyl sites for hydroxylation is 1. The van der Waals surface area contributed by atoms with Gasteiger partial charge in [-0.1, -0.05) is 11.2 Å². The van der Waals surface area contributed by atoms with Crippen LogP contribution in [0, 0.1) is 10.5 Å². The molecule has 0 aliphatic carbocycles. The molecule has 2 rings (SSSR count). The van der Waals surface area contributed by atoms with E-state index < -0.39 is 10.0 Å². The molecule has 0 fully saturated rings. The second-order valence-corrected chi connectivity index (χ2v) is 6.34. The Hall–Kier alpha value is -1.29. The number of nitrogens with one attached hydrogen (secondary N) is 1. The van der Waals surface area contributed by atoms with Crippen LogP contribution in [0.15, 0.2) is 33.7 Å². The Kier molecular flexibility index (Phi) is 3.48. The van der Waals surface area contributed by atoms with Gasteiger partial charge in [-0.25, -0.2) is 8.42 Å². The van der Waals surface area contributed by atoms with E-state index in [-0.39, 0.29) is 10.7 Å². The van der Waals surface area contributed by atoms with E-state index in [1.165, 1.54) is 12.1 Å². The predicted octanol–water partition coefficient (Wildman–Crippen LogP) is 1.97. The average Bonchev–Trinajstić information content (AvgIpc) is 2.61. The van der Waals surface area contributed by atoms with Gasteiger partial charge in [-0.15, -0.1) is 0 Å². The molecule has 0 amide bonds. The van der Waals surface area contributed by atoms with Gasteiger partial charge >= 0.3 is 0 Å². The van der Waals surface area contributed by atoms with E-state index in [0.29, 0.717) is 15.0 Å². The van der Waals surface area contributed by atoms with Crippen LogP contribution in [0.1, 0.15) is 5.76 Å². The normalized spacial score (nSPS) is 11.4. The van der Waals surface area contributed by atoms with Crippen LogP contribution >= 0.6 is 22.6 Å². The minimum absolute atomic E-state index is 0.0824. The fraction of sp³-hybridized carbons (Fsp3) is 0.100. The number of nitrogen functional groups attached to an aromatic ring is 1. The molecule has 8 heteroatoms. The van der Waals surface area contributed by atoms with Crippen molar-refractivity contribution >= 4 is 44.1 Å². The van der Waals surface area contributed by atoms with Gasteiger partial charge in [0.2, 0.25) is 0 Å². The number of benzene rings is 1. The first-order chi connectivity index (χ1) is 8.40. The molecule has 0 saturated carbocycles. The van der Waals surface area contributed by atoms with Crippen LogP contribution in [-0.4, -0.2) is 13.6 Å². The molecule has 1 aromatic heterocycles. The number of rotatable bonds is 3. The highest BCUT2D eigenvalue weighted by atomic mass is 127. The fourth-order valence-electron chi connectivity index (χ4n) is 1.29. The van der Waals surface area contributed by atoms with Crippen LogP contribution in [-0.2, 0) is 10.0 Å². The van der Waals surface area contributed by atoms with Crippen molar-refractivity contribution in [3.8, 4) is 0 Å². The van der Waals surface area contributed by atoms with Crippen molar-refractivity contribution in [1.29, 1.82) is 0 Å². The number of nitrogens with two attached hydrogens (primary N) is 1. The first kappa shape index (κ1) is 13.1. The topological polar surface area (TPSA) is 98.2 Å². The summed E-state index contributed by atoms with van der Waals surface area (Å²) in [6, 6.07) is 6.02. The molecular formula is C10H10IN3O3S. The van der Waals surface area contributed by atoms with Gasteiger partial charge in [0.05, 0.1) is 4.90 Å². The number of sulfonamides is 1. The third-order valence-corrected chi connectivity index (χ3v) is 4.80. The summed E-state index contributed by atoms with van der Waals surface area (Å²) in [4.78, 5) is 0.0824. The lowest BCUT2D eigenvalue weighted by atomic mass is 10.3. The second-order valence-electron chi connectivity index (χ2n) is 3.58. The van der Waals surface area contributed by atoms with Crippen molar-refractivity contribution in [1.82, 2.24) is 5.16 Å². The summed E-state index contributed by atoms with van der Waals surface area (Å²) < 4.78 is 32.0. The first-order valence-electron chi connectivity index (χ1n) is 4.90. The number of halogens is 1. The SMILES string of the molecule is Cc1onc(NS(=O)(=O)c2cccc(N)c2)c1I. The molecule has 0 bridgehead atoms. The summed E-state index contributed by atoms with van der Waals surface area (Å²) in [6.07, 6.45) is 0. The van der Waals surface area contributed by atoms with Gasteiger partial charge in [-0.3, -0.25) is 4.72 Å². The molecule has 3 N–H and O–H groups in total. The number of aromatic nitrogens is 1. The lowest BCUT2D eigenvalue weighted by Crippen LogP contribution is -2.14. The van der Waals surface area contributed by atoms with Crippen molar-refractivity contribution in [3.05, 3.63) is 33.6 Å². The van der Waals surface area contributed by atoms with Crippen LogP contribution in [0.5, 0.6) is 0 Å². The average molecular weight is 379 g/mol. The molecule has 0 spiro atoms. The smallest absolute Gasteiger partial charge is 0.263 e. The zero-order chi connectivity index (χ0) is 13.3. The van der Waals surface area contributed by atoms with Gasteiger partial charge in [0.1, 0.15) is 9.33 Å². The molecule has 0 unspecified atom stereocenters. The Bertz CT molecular complexity index is 681. The minimum Gasteiger partial charge on any atom is -0.399 e. The van der Waals surface area contributed by atoms with E-state index in [0.717, 1.165) is 0 Å². The molecule has 2 aromatic rings. The molecular weight excluding hydrogens is 369 g/mol. The molecule has 0 atom stereocenters. The van der Waals surface area contributed by atoms with E-state index in [2.05, 4.69) is 9.88 Å². The maximum atomic E-state index is 12.1. The number of hydrogen-bond acceptors (Lipinski definition) is 5. The van der Waals surface area contributed by atoms with Crippen LogP contribution in [0.3, 0.4) is 0 Å². The molecule has 1 aromatic carbocycles. The second kappa shape index (κ2) is 4.76. The fourth-order valence-corrected chi connectivity index (χ4v) is 2.87. The first-order valence-corrected chi connectivity index (χ1v) is 7.46. The van der Waals surface area contributed by atoms with Crippen molar-refractivity contribution in [2.75, 3.05) is 10.5 Å². The van der Waals surface area contributed by atoms with Crippen LogP contribution in [0.4, 0.5) is 11.5 Å². The summed E-state index contributed by atoms with van der Waals surface area (Å²) in [6.45, 7) is 1.70. The van der Waals surface area contributed by atoms with Gasteiger partial charge in [-0.2, -0.15) is 0 Å². The van der Waals surface area contributed by atoms with E-state index in [4.69, 9.17) is 10.3 Å². The van der Waals surface area contributed by atoms with Crippen molar-refractivity contribution < 1.29 is 12.9 Å². The molecule has 0 aliphatic heterocycles. The summed E-state index contributed by atoms with van der Waals surface area (Å²) in [5.74, 6) is 0.733. The Morgan fingerprint density at radius 1 is 1.44 bits per heavy atom. The Labute approximate surface area is 118 Å². The highest BCUT2D eigenvalue weighted by Crippen LogP contribution is 2.23. The molecule has 96 valence electrons. The number of hydrogen-bond donors (Lipinski definition) is 2. The maximum Gasteiger partial charge on any atom is 0.263 e. The number of nitrogens with zero attached hydrogens (tertiary/aromatic N) is 1. The van der Waals surface area contributed by atoms with Gasteiger partial charge in [-0.05, 0) is 47.7 Å². The highest BCUT2D eigenvalue weighted by Gasteiger charge is 2.19. The zero-order valence-electron chi connectivity index (χ0n) is 9.34. The van der Waals surface area contributed by atoms with Crippen molar-refractivity contribution in [3.63, 3.8) is 0 Å². The van der Waals surface area contributed by atoms with E-state index in [1.54, 1.807) is 19.1 Å². The third kappa shape index (κ3) is 2.58. The third-order valence-electron chi connectivity index (χ3n) is 2.19.